The van der Waals surface area contributed by atoms with Gasteiger partial charge in [-0.3, -0.25) is 0 Å². The zero-order chi connectivity index (χ0) is 13.4. The van der Waals surface area contributed by atoms with E-state index < -0.39 is 0 Å². The molecule has 100 valence electrons. The second-order valence-corrected chi connectivity index (χ2v) is 8.70. The highest BCUT2D eigenvalue weighted by molar-refractivity contribution is 5.16. The number of hydrogen-bond donors (Lipinski definition) is 0. The fraction of sp³-hybridized carbons (Fsp3) is 1.00. The average Bonchev–Trinajstić information content (AvgIpc) is 2.47. The summed E-state index contributed by atoms with van der Waals surface area (Å²) in [5, 5.41) is 0. The molecule has 2 rings (SSSR count). The third-order valence-electron chi connectivity index (χ3n) is 8.07. The van der Waals surface area contributed by atoms with Gasteiger partial charge in [-0.25, -0.2) is 0 Å². The molecule has 0 aromatic heterocycles. The van der Waals surface area contributed by atoms with Gasteiger partial charge in [-0.2, -0.15) is 0 Å². The summed E-state index contributed by atoms with van der Waals surface area (Å²) >= 11 is 0. The molecule has 0 nitrogen and oxygen atoms in total. The molecule has 0 amide bonds. The molecule has 0 radical (unpaired) electrons. The maximum Gasteiger partial charge on any atom is -0.0246 e. The normalized spacial score (nSPS) is 50.3. The van der Waals surface area contributed by atoms with Gasteiger partial charge in [-0.15, -0.1) is 0 Å². The third kappa shape index (κ3) is 1.25. The molecule has 2 fully saturated rings. The summed E-state index contributed by atoms with van der Waals surface area (Å²) in [7, 11) is 0. The van der Waals surface area contributed by atoms with Gasteiger partial charge in [0.1, 0.15) is 0 Å². The quantitative estimate of drug-likeness (QED) is 0.540. The summed E-state index contributed by atoms with van der Waals surface area (Å²) < 4.78 is 0. The minimum Gasteiger partial charge on any atom is -0.0620 e. The molecule has 0 heteroatoms. The number of hydrogen-bond acceptors (Lipinski definition) is 0. The Morgan fingerprint density at radius 2 is 0.824 bits per heavy atom. The highest BCUT2D eigenvalue weighted by Crippen LogP contribution is 2.74. The Labute approximate surface area is 109 Å². The van der Waals surface area contributed by atoms with Crippen molar-refractivity contribution < 1.29 is 0 Å². The summed E-state index contributed by atoms with van der Waals surface area (Å²) in [6.45, 7) is 22.6. The zero-order valence-electron chi connectivity index (χ0n) is 13.4. The van der Waals surface area contributed by atoms with Crippen LogP contribution in [0.15, 0.2) is 0 Å². The number of rotatable bonds is 0. The fourth-order valence-corrected chi connectivity index (χ4v) is 5.66. The molecule has 0 saturated heterocycles. The summed E-state index contributed by atoms with van der Waals surface area (Å²) in [5.74, 6) is 4.45. The topological polar surface area (TPSA) is 0 Å². The van der Waals surface area contributed by atoms with Gasteiger partial charge >= 0.3 is 0 Å². The summed E-state index contributed by atoms with van der Waals surface area (Å²) in [6, 6.07) is 0. The van der Waals surface area contributed by atoms with Gasteiger partial charge in [0, 0.05) is 0 Å². The molecular formula is C17H32. The van der Waals surface area contributed by atoms with Gasteiger partial charge in [0.25, 0.3) is 0 Å². The highest BCUT2D eigenvalue weighted by Gasteiger charge is 2.69. The Morgan fingerprint density at radius 1 is 0.529 bits per heavy atom. The Hall–Kier alpha value is 0. The van der Waals surface area contributed by atoms with E-state index in [-0.39, 0.29) is 0 Å². The van der Waals surface area contributed by atoms with E-state index in [1.54, 1.807) is 0 Å². The smallest absolute Gasteiger partial charge is 0.0246 e. The van der Waals surface area contributed by atoms with Crippen LogP contribution in [-0.2, 0) is 0 Å². The Morgan fingerprint density at radius 3 is 1.12 bits per heavy atom. The van der Waals surface area contributed by atoms with Crippen LogP contribution in [0.25, 0.3) is 0 Å². The maximum absolute atomic E-state index is 2.53. The molecule has 0 heterocycles. The minimum absolute atomic E-state index is 0.429. The zero-order valence-corrected chi connectivity index (χ0v) is 13.4. The van der Waals surface area contributed by atoms with E-state index >= 15 is 0 Å². The molecule has 2 saturated carbocycles. The molecule has 2 aliphatic carbocycles. The van der Waals surface area contributed by atoms with Crippen molar-refractivity contribution in [3.05, 3.63) is 0 Å². The van der Waals surface area contributed by atoms with Crippen molar-refractivity contribution in [2.75, 3.05) is 0 Å². The van der Waals surface area contributed by atoms with Crippen LogP contribution in [0.4, 0.5) is 0 Å². The van der Waals surface area contributed by atoms with Crippen LogP contribution in [0.1, 0.15) is 62.3 Å². The van der Waals surface area contributed by atoms with Crippen LogP contribution < -0.4 is 0 Å². The molecule has 2 aliphatic rings. The molecule has 0 aromatic rings. The van der Waals surface area contributed by atoms with Crippen LogP contribution in [-0.4, -0.2) is 0 Å². The van der Waals surface area contributed by atoms with Crippen LogP contribution >= 0.6 is 0 Å². The van der Waals surface area contributed by atoms with Crippen LogP contribution in [0, 0.1) is 45.8 Å². The molecule has 4 atom stereocenters. The van der Waals surface area contributed by atoms with Crippen molar-refractivity contribution in [2.24, 2.45) is 45.8 Å². The van der Waals surface area contributed by atoms with Crippen molar-refractivity contribution in [1.29, 1.82) is 0 Å². The predicted octanol–water partition coefficient (Wildman–Crippen LogP) is 5.23. The van der Waals surface area contributed by atoms with Crippen LogP contribution in [0.2, 0.25) is 0 Å². The lowest BCUT2D eigenvalue weighted by atomic mass is 9.57. The van der Waals surface area contributed by atoms with Crippen molar-refractivity contribution in [3.63, 3.8) is 0 Å². The summed E-state index contributed by atoms with van der Waals surface area (Å²) in [6.07, 6.45) is 0. The van der Waals surface area contributed by atoms with E-state index in [0.717, 1.165) is 29.6 Å². The number of fused-ring (bicyclic) bond motifs is 1. The lowest BCUT2D eigenvalue weighted by Crippen LogP contribution is -2.41. The van der Waals surface area contributed by atoms with E-state index in [9.17, 15) is 0 Å². The molecule has 0 aliphatic heterocycles. The van der Waals surface area contributed by atoms with E-state index in [0.29, 0.717) is 16.2 Å². The highest BCUT2D eigenvalue weighted by atomic mass is 14.7. The largest absolute Gasteiger partial charge is 0.0620 e. The van der Waals surface area contributed by atoms with E-state index in [2.05, 4.69) is 62.3 Å². The molecular weight excluding hydrogens is 204 g/mol. The van der Waals surface area contributed by atoms with Gasteiger partial charge in [0.05, 0.1) is 0 Å². The van der Waals surface area contributed by atoms with Gasteiger partial charge in [0.15, 0.2) is 0 Å². The SMILES string of the molecule is CC1C(C)C2C(C1C)C(C)(C)C(C)(C)C2(C)C. The first kappa shape index (κ1) is 13.4. The van der Waals surface area contributed by atoms with E-state index in [1.165, 1.54) is 0 Å². The molecule has 0 spiro atoms. The fourth-order valence-electron chi connectivity index (χ4n) is 5.66. The van der Waals surface area contributed by atoms with Crippen molar-refractivity contribution in [3.8, 4) is 0 Å². The first-order chi connectivity index (χ1) is 7.48. The van der Waals surface area contributed by atoms with Gasteiger partial charge in [-0.05, 0) is 45.8 Å². The van der Waals surface area contributed by atoms with E-state index in [1.807, 2.05) is 0 Å². The summed E-state index contributed by atoms with van der Waals surface area (Å²) in [4.78, 5) is 0. The minimum atomic E-state index is 0.429. The van der Waals surface area contributed by atoms with Gasteiger partial charge in [0.2, 0.25) is 0 Å². The van der Waals surface area contributed by atoms with Crippen molar-refractivity contribution in [2.45, 2.75) is 62.3 Å². The Balaban J connectivity index is 2.57. The predicted molar refractivity (Wildman–Crippen MR) is 75.8 cm³/mol. The third-order valence-corrected chi connectivity index (χ3v) is 8.07. The monoisotopic (exact) mass is 236 g/mol. The molecule has 17 heavy (non-hydrogen) atoms. The van der Waals surface area contributed by atoms with Crippen LogP contribution in [0.5, 0.6) is 0 Å². The first-order valence-electron chi connectivity index (χ1n) is 7.48. The lowest BCUT2D eigenvalue weighted by molar-refractivity contribution is 0.00397. The molecule has 0 bridgehead atoms. The van der Waals surface area contributed by atoms with Crippen molar-refractivity contribution in [1.82, 2.24) is 0 Å². The van der Waals surface area contributed by atoms with Gasteiger partial charge < -0.3 is 0 Å². The average molecular weight is 236 g/mol. The van der Waals surface area contributed by atoms with Crippen LogP contribution in [0.3, 0.4) is 0 Å². The Bertz CT molecular complexity index is 291. The summed E-state index contributed by atoms with van der Waals surface area (Å²) in [5.41, 5.74) is 1.34. The van der Waals surface area contributed by atoms with Crippen molar-refractivity contribution >= 4 is 0 Å². The first-order valence-corrected chi connectivity index (χ1v) is 7.48. The molecule has 4 unspecified atom stereocenters. The second kappa shape index (κ2) is 3.31. The second-order valence-electron chi connectivity index (χ2n) is 8.70. The maximum atomic E-state index is 2.53. The lowest BCUT2D eigenvalue weighted by Gasteiger charge is -2.48. The molecule has 0 aromatic carbocycles. The molecule has 0 N–H and O–H groups in total. The van der Waals surface area contributed by atoms with E-state index in [4.69, 9.17) is 0 Å². The van der Waals surface area contributed by atoms with Gasteiger partial charge in [-0.1, -0.05) is 62.3 Å². The standard InChI is InChI=1S/C17H32/c1-10-11(2)13-14(12(10)3)16(6,7)17(8,9)15(13,4)5/h10-14H,1-9H3. The Kier molecular flexibility index (Phi) is 2.61.